The minimum absolute atomic E-state index is 0.0230. The first-order valence-electron chi connectivity index (χ1n) is 14.9. The van der Waals surface area contributed by atoms with Gasteiger partial charge in [-0.2, -0.15) is 0 Å². The molecule has 1 aliphatic heterocycles. The molecule has 0 radical (unpaired) electrons. The van der Waals surface area contributed by atoms with Crippen LogP contribution in [0, 0.1) is 0 Å². The predicted octanol–water partition coefficient (Wildman–Crippen LogP) is 6.70. The second kappa shape index (κ2) is 12.0. The third kappa shape index (κ3) is 5.10. The molecule has 1 aliphatic rings. The molecular weight excluding hydrogens is 515 g/mol. The van der Waals surface area contributed by atoms with Crippen LogP contribution in [0.3, 0.4) is 0 Å². The number of hydrogen-bond donors (Lipinski definition) is 1. The molecule has 1 N–H and O–H groups in total. The van der Waals surface area contributed by atoms with Crippen LogP contribution in [0.4, 0.5) is 0 Å². The molecule has 0 amide bonds. The fourth-order valence-electron chi connectivity index (χ4n) is 7.21. The molecule has 6 rings (SSSR count). The minimum atomic E-state index is -2.24. The summed E-state index contributed by atoms with van der Waals surface area (Å²) in [5.41, 5.74) is 3.21. The zero-order valence-electron chi connectivity index (χ0n) is 23.8. The summed E-state index contributed by atoms with van der Waals surface area (Å²) in [5, 5.41) is 15.1. The van der Waals surface area contributed by atoms with E-state index < -0.39 is 19.7 Å². The molecule has 0 spiro atoms. The number of likely N-dealkylation sites (tertiary alicyclic amines) is 1. The molecule has 0 aromatic heterocycles. The van der Waals surface area contributed by atoms with Crippen molar-refractivity contribution < 1.29 is 5.11 Å². The third-order valence-electron chi connectivity index (χ3n) is 9.19. The smallest absolute Gasteiger partial charge is 0.117 e. The van der Waals surface area contributed by atoms with Crippen LogP contribution in [0.1, 0.15) is 29.5 Å². The van der Waals surface area contributed by atoms with Crippen molar-refractivity contribution >= 4 is 18.4 Å². The highest BCUT2D eigenvalue weighted by Gasteiger charge is 2.49. The van der Waals surface area contributed by atoms with E-state index in [2.05, 4.69) is 163 Å². The first kappa shape index (κ1) is 27.4. The molecule has 0 unspecified atom stereocenters. The Morgan fingerprint density at radius 1 is 0.634 bits per heavy atom. The monoisotopic (exact) mass is 553 g/mol. The topological polar surface area (TPSA) is 23.5 Å². The predicted molar refractivity (Wildman–Crippen MR) is 174 cm³/mol. The summed E-state index contributed by atoms with van der Waals surface area (Å²) in [5.74, 6) is 0. The van der Waals surface area contributed by atoms with Gasteiger partial charge in [0.05, 0.1) is 11.6 Å². The Kier molecular flexibility index (Phi) is 8.02. The lowest BCUT2D eigenvalue weighted by Gasteiger charge is -2.48. The van der Waals surface area contributed by atoms with E-state index in [0.717, 1.165) is 25.4 Å². The van der Waals surface area contributed by atoms with Crippen LogP contribution >= 0.6 is 0 Å². The normalized spacial score (nSPS) is 16.9. The zero-order valence-corrected chi connectivity index (χ0v) is 24.8. The molecule has 0 saturated carbocycles. The Labute approximate surface area is 246 Å². The van der Waals surface area contributed by atoms with Crippen molar-refractivity contribution in [1.82, 2.24) is 4.90 Å². The van der Waals surface area contributed by atoms with Gasteiger partial charge >= 0.3 is 0 Å². The van der Waals surface area contributed by atoms with Crippen molar-refractivity contribution in [2.24, 2.45) is 0 Å². The largest absolute Gasteiger partial charge is 0.392 e. The first-order valence-corrected chi connectivity index (χ1v) is 17.6. The Morgan fingerprint density at radius 3 is 1.39 bits per heavy atom. The quantitative estimate of drug-likeness (QED) is 0.162. The SMILES string of the molecule is C[Si](C[C@H](O)[C@H]1CCCN1C(c1ccccc1)(c1ccccc1)c1ccccc1)(c1ccccc1)c1ccccc1. The van der Waals surface area contributed by atoms with Gasteiger partial charge < -0.3 is 5.11 Å². The van der Waals surface area contributed by atoms with Crippen LogP contribution in [0.2, 0.25) is 12.6 Å². The van der Waals surface area contributed by atoms with Gasteiger partial charge in [0.25, 0.3) is 0 Å². The number of hydrogen-bond acceptors (Lipinski definition) is 2. The lowest BCUT2D eigenvalue weighted by atomic mass is 9.75. The van der Waals surface area contributed by atoms with Gasteiger partial charge in [-0.25, -0.2) is 0 Å². The summed E-state index contributed by atoms with van der Waals surface area (Å²) in [7, 11) is -2.24. The van der Waals surface area contributed by atoms with E-state index in [1.165, 1.54) is 27.1 Å². The molecule has 0 bridgehead atoms. The maximum absolute atomic E-state index is 12.4. The maximum atomic E-state index is 12.4. The van der Waals surface area contributed by atoms with Crippen LogP contribution in [0.15, 0.2) is 152 Å². The molecule has 3 heteroatoms. The van der Waals surface area contributed by atoms with Crippen LogP contribution in [0.5, 0.6) is 0 Å². The van der Waals surface area contributed by atoms with E-state index in [4.69, 9.17) is 0 Å². The van der Waals surface area contributed by atoms with Gasteiger partial charge in [0.2, 0.25) is 0 Å². The van der Waals surface area contributed by atoms with E-state index in [1.807, 2.05) is 0 Å². The van der Waals surface area contributed by atoms with Crippen molar-refractivity contribution in [2.75, 3.05) is 6.54 Å². The molecule has 0 aliphatic carbocycles. The van der Waals surface area contributed by atoms with Crippen molar-refractivity contribution in [2.45, 2.75) is 43.1 Å². The van der Waals surface area contributed by atoms with Crippen molar-refractivity contribution in [3.63, 3.8) is 0 Å². The van der Waals surface area contributed by atoms with Gasteiger partial charge in [-0.05, 0) is 35.6 Å². The van der Waals surface area contributed by atoms with E-state index in [1.54, 1.807) is 0 Å². The second-order valence-electron chi connectivity index (χ2n) is 11.5. The molecule has 1 heterocycles. The van der Waals surface area contributed by atoms with Crippen molar-refractivity contribution in [3.8, 4) is 0 Å². The second-order valence-corrected chi connectivity index (χ2v) is 15.8. The van der Waals surface area contributed by atoms with Crippen LogP contribution in [-0.4, -0.2) is 36.8 Å². The lowest BCUT2D eigenvalue weighted by molar-refractivity contribution is 0.0431. The molecule has 206 valence electrons. The Hall–Kier alpha value is -3.76. The van der Waals surface area contributed by atoms with Crippen molar-refractivity contribution in [3.05, 3.63) is 168 Å². The molecule has 5 aromatic carbocycles. The van der Waals surface area contributed by atoms with Gasteiger partial charge in [0.1, 0.15) is 8.07 Å². The van der Waals surface area contributed by atoms with Gasteiger partial charge in [-0.15, -0.1) is 0 Å². The minimum Gasteiger partial charge on any atom is -0.392 e. The van der Waals surface area contributed by atoms with Gasteiger partial charge in [-0.1, -0.05) is 169 Å². The zero-order chi connectivity index (χ0) is 28.1. The number of benzene rings is 5. The molecule has 2 nitrogen and oxygen atoms in total. The van der Waals surface area contributed by atoms with E-state index in [0.29, 0.717) is 0 Å². The first-order chi connectivity index (χ1) is 20.1. The average Bonchev–Trinajstić information content (AvgIpc) is 3.54. The summed E-state index contributed by atoms with van der Waals surface area (Å²) in [6.45, 7) is 3.36. The van der Waals surface area contributed by atoms with Crippen molar-refractivity contribution in [1.29, 1.82) is 0 Å². The lowest BCUT2D eigenvalue weighted by Crippen LogP contribution is -2.60. The molecule has 5 aromatic rings. The average molecular weight is 554 g/mol. The highest BCUT2D eigenvalue weighted by atomic mass is 28.3. The summed E-state index contributed by atoms with van der Waals surface area (Å²) in [6, 6.07) is 55.3. The highest BCUT2D eigenvalue weighted by molar-refractivity contribution is 7.01. The number of nitrogens with zero attached hydrogens (tertiary/aromatic N) is 1. The Balaban J connectivity index is 1.48. The fourth-order valence-corrected chi connectivity index (χ4v) is 11.0. The van der Waals surface area contributed by atoms with Gasteiger partial charge in [0.15, 0.2) is 0 Å². The van der Waals surface area contributed by atoms with Gasteiger partial charge in [-0.3, -0.25) is 4.90 Å². The Morgan fingerprint density at radius 2 is 1.00 bits per heavy atom. The number of rotatable bonds is 9. The van der Waals surface area contributed by atoms with E-state index >= 15 is 0 Å². The van der Waals surface area contributed by atoms with Gasteiger partial charge in [0, 0.05) is 12.6 Å². The van der Waals surface area contributed by atoms with Crippen LogP contribution in [0.25, 0.3) is 0 Å². The van der Waals surface area contributed by atoms with Crippen LogP contribution in [-0.2, 0) is 5.54 Å². The molecule has 2 atom stereocenters. The summed E-state index contributed by atoms with van der Waals surface area (Å²) < 4.78 is 0. The Bertz CT molecular complexity index is 1370. The summed E-state index contributed by atoms with van der Waals surface area (Å²) >= 11 is 0. The molecule has 1 fully saturated rings. The summed E-state index contributed by atoms with van der Waals surface area (Å²) in [6.07, 6.45) is 1.57. The highest BCUT2D eigenvalue weighted by Crippen LogP contribution is 2.46. The molecule has 41 heavy (non-hydrogen) atoms. The fraction of sp³-hybridized carbons (Fsp3) is 0.211. The molecule has 1 saturated heterocycles. The van der Waals surface area contributed by atoms with Crippen LogP contribution < -0.4 is 10.4 Å². The van der Waals surface area contributed by atoms with E-state index in [9.17, 15) is 5.11 Å². The standard InChI is InChI=1S/C38H39NOSi/c1-41(34-24-13-5-14-25-34,35-26-15-6-16-27-35)30-37(40)36-28-17-29-39(36)38(31-18-7-2-8-19-31,32-20-9-3-10-21-32)33-22-11-4-12-23-33/h2-16,18-27,36-37,40H,17,28-30H2,1H3/t36-,37+/m1/s1. The molecular formula is C38H39NOSi. The maximum Gasteiger partial charge on any atom is 0.117 e. The third-order valence-corrected chi connectivity index (χ3v) is 13.6. The number of aliphatic hydroxyl groups is 1. The summed E-state index contributed by atoms with van der Waals surface area (Å²) in [4.78, 5) is 2.63. The van der Waals surface area contributed by atoms with E-state index in [-0.39, 0.29) is 6.04 Å². The number of aliphatic hydroxyl groups excluding tert-OH is 1.